The zero-order chi connectivity index (χ0) is 20.9. The Morgan fingerprint density at radius 1 is 1.07 bits per heavy atom. The molecule has 1 atom stereocenters. The summed E-state index contributed by atoms with van der Waals surface area (Å²) in [4.78, 5) is 19.4. The standard InChI is InChI=1S/C24H36N6/c1-18(25)11-16-29(2)24-23-22(26-12-13-27-23)17-21(28-24)19-7-6-8-20(10-9-19)30-14-4-3-5-15-30/h9-10,17-18H,3-8,11-16,25H2,1-2H3. The van der Waals surface area contributed by atoms with Gasteiger partial charge in [0.05, 0.1) is 24.1 Å². The quantitative estimate of drug-likeness (QED) is 0.785. The van der Waals surface area contributed by atoms with E-state index in [0.717, 1.165) is 61.1 Å². The smallest absolute Gasteiger partial charge is 0.156 e. The van der Waals surface area contributed by atoms with Gasteiger partial charge in [0.2, 0.25) is 0 Å². The van der Waals surface area contributed by atoms with E-state index in [1.807, 2.05) is 0 Å². The fourth-order valence-electron chi connectivity index (χ4n) is 4.53. The lowest BCUT2D eigenvalue weighted by molar-refractivity contribution is 0.276. The summed E-state index contributed by atoms with van der Waals surface area (Å²) in [6, 6.07) is 2.32. The van der Waals surface area contributed by atoms with E-state index in [4.69, 9.17) is 20.7 Å². The van der Waals surface area contributed by atoms with Crippen LogP contribution in [0, 0.1) is 0 Å². The van der Waals surface area contributed by atoms with Crippen LogP contribution >= 0.6 is 0 Å². The molecule has 0 saturated carbocycles. The Labute approximate surface area is 180 Å². The van der Waals surface area contributed by atoms with E-state index in [9.17, 15) is 0 Å². The van der Waals surface area contributed by atoms with Crippen LogP contribution in [0.5, 0.6) is 0 Å². The van der Waals surface area contributed by atoms with Gasteiger partial charge in [0, 0.05) is 38.4 Å². The van der Waals surface area contributed by atoms with Gasteiger partial charge in [0.1, 0.15) is 5.36 Å². The molecule has 2 N–H and O–H groups in total. The van der Waals surface area contributed by atoms with Crippen molar-refractivity contribution in [2.45, 2.75) is 57.9 Å². The van der Waals surface area contributed by atoms with E-state index >= 15 is 0 Å². The molecular formula is C24H36N6. The Morgan fingerprint density at radius 2 is 1.87 bits per heavy atom. The van der Waals surface area contributed by atoms with Crippen LogP contribution < -0.4 is 21.3 Å². The molecule has 162 valence electrons. The molecule has 1 aromatic heterocycles. The number of allylic oxidation sites excluding steroid dienone is 4. The Morgan fingerprint density at radius 3 is 2.67 bits per heavy atom. The van der Waals surface area contributed by atoms with Crippen molar-refractivity contribution in [3.8, 4) is 0 Å². The summed E-state index contributed by atoms with van der Waals surface area (Å²) in [5, 5.41) is 1.93. The van der Waals surface area contributed by atoms with Gasteiger partial charge in [-0.25, -0.2) is 4.98 Å². The van der Waals surface area contributed by atoms with Crippen molar-refractivity contribution in [1.29, 1.82) is 0 Å². The van der Waals surface area contributed by atoms with Crippen LogP contribution in [0.3, 0.4) is 0 Å². The third kappa shape index (κ3) is 4.91. The normalized spacial score (nSPS) is 20.2. The molecule has 0 amide bonds. The average molecular weight is 409 g/mol. The van der Waals surface area contributed by atoms with Gasteiger partial charge < -0.3 is 15.5 Å². The maximum atomic E-state index is 5.99. The Balaban J connectivity index is 1.66. The summed E-state index contributed by atoms with van der Waals surface area (Å²) in [6.45, 7) is 6.84. The Kier molecular flexibility index (Phi) is 6.82. The molecule has 1 fully saturated rings. The van der Waals surface area contributed by atoms with E-state index in [1.165, 1.54) is 50.0 Å². The molecule has 4 rings (SSSR count). The predicted molar refractivity (Wildman–Crippen MR) is 123 cm³/mol. The minimum absolute atomic E-state index is 0.177. The molecule has 6 heteroatoms. The summed E-state index contributed by atoms with van der Waals surface area (Å²) in [6.07, 6.45) is 13.0. The van der Waals surface area contributed by atoms with Crippen molar-refractivity contribution in [2.75, 3.05) is 44.7 Å². The zero-order valence-electron chi connectivity index (χ0n) is 18.6. The number of rotatable bonds is 6. The van der Waals surface area contributed by atoms with Crippen molar-refractivity contribution in [1.82, 2.24) is 9.88 Å². The SMILES string of the molecule is CC(N)CCN(C)c1nc(C2=CC=C(N3CCCCC3)CCC2)cc2c1=NCCN=2. The van der Waals surface area contributed by atoms with Crippen molar-refractivity contribution in [3.63, 3.8) is 0 Å². The molecule has 0 radical (unpaired) electrons. The van der Waals surface area contributed by atoms with Crippen LogP contribution in [0.1, 0.15) is 57.6 Å². The largest absolute Gasteiger partial charge is 0.375 e. The van der Waals surface area contributed by atoms with Crippen LogP contribution in [-0.4, -0.2) is 55.7 Å². The summed E-state index contributed by atoms with van der Waals surface area (Å²) in [5.74, 6) is 0.942. The number of hydrogen-bond donors (Lipinski definition) is 1. The van der Waals surface area contributed by atoms with Crippen LogP contribution in [0.15, 0.2) is 33.9 Å². The average Bonchev–Trinajstić information content (AvgIpc) is 3.03. The van der Waals surface area contributed by atoms with Gasteiger partial charge in [0.15, 0.2) is 5.82 Å². The molecule has 0 spiro atoms. The number of nitrogens with zero attached hydrogens (tertiary/aromatic N) is 5. The summed E-state index contributed by atoms with van der Waals surface area (Å²) >= 11 is 0. The van der Waals surface area contributed by atoms with Gasteiger partial charge in [-0.15, -0.1) is 0 Å². The van der Waals surface area contributed by atoms with E-state index in [-0.39, 0.29) is 6.04 Å². The third-order valence-corrected chi connectivity index (χ3v) is 6.33. The zero-order valence-corrected chi connectivity index (χ0v) is 18.6. The van der Waals surface area contributed by atoms with Gasteiger partial charge in [0.25, 0.3) is 0 Å². The highest BCUT2D eigenvalue weighted by molar-refractivity contribution is 5.66. The van der Waals surface area contributed by atoms with Gasteiger partial charge in [-0.3, -0.25) is 9.98 Å². The minimum atomic E-state index is 0.177. The van der Waals surface area contributed by atoms with Crippen molar-refractivity contribution >= 4 is 11.4 Å². The second kappa shape index (κ2) is 9.73. The first kappa shape index (κ1) is 21.0. The predicted octanol–water partition coefficient (Wildman–Crippen LogP) is 2.45. The number of likely N-dealkylation sites (tertiary alicyclic amines) is 1. The van der Waals surface area contributed by atoms with Gasteiger partial charge >= 0.3 is 0 Å². The third-order valence-electron chi connectivity index (χ3n) is 6.33. The molecule has 2 aliphatic heterocycles. The highest BCUT2D eigenvalue weighted by Crippen LogP contribution is 2.27. The first-order valence-electron chi connectivity index (χ1n) is 11.6. The molecule has 1 aliphatic carbocycles. The van der Waals surface area contributed by atoms with E-state index in [1.54, 1.807) is 0 Å². The Bertz CT molecular complexity index is 924. The number of fused-ring (bicyclic) bond motifs is 1. The highest BCUT2D eigenvalue weighted by atomic mass is 15.2. The fourth-order valence-corrected chi connectivity index (χ4v) is 4.53. The van der Waals surface area contributed by atoms with Crippen LogP contribution in [0.2, 0.25) is 0 Å². The lowest BCUT2D eigenvalue weighted by atomic mass is 10.0. The fraction of sp³-hybridized carbons (Fsp3) is 0.625. The van der Waals surface area contributed by atoms with E-state index < -0.39 is 0 Å². The summed E-state index contributed by atoms with van der Waals surface area (Å²) in [5.41, 5.74) is 9.85. The molecule has 6 nitrogen and oxygen atoms in total. The van der Waals surface area contributed by atoms with Crippen molar-refractivity contribution < 1.29 is 0 Å². The topological polar surface area (TPSA) is 70.1 Å². The van der Waals surface area contributed by atoms with Gasteiger partial charge in [-0.2, -0.15) is 0 Å². The lowest BCUT2D eigenvalue weighted by Crippen LogP contribution is -2.39. The summed E-state index contributed by atoms with van der Waals surface area (Å²) < 4.78 is 0. The lowest BCUT2D eigenvalue weighted by Gasteiger charge is -2.30. The molecule has 30 heavy (non-hydrogen) atoms. The maximum Gasteiger partial charge on any atom is 0.156 e. The van der Waals surface area contributed by atoms with E-state index in [0.29, 0.717) is 0 Å². The minimum Gasteiger partial charge on any atom is -0.375 e. The molecule has 1 saturated heterocycles. The molecule has 1 unspecified atom stereocenters. The first-order chi connectivity index (χ1) is 14.6. The van der Waals surface area contributed by atoms with Crippen molar-refractivity contribution in [2.24, 2.45) is 15.7 Å². The monoisotopic (exact) mass is 408 g/mol. The first-order valence-corrected chi connectivity index (χ1v) is 11.6. The van der Waals surface area contributed by atoms with E-state index in [2.05, 4.69) is 42.0 Å². The van der Waals surface area contributed by atoms with Gasteiger partial charge in [-0.1, -0.05) is 6.08 Å². The molecule has 3 aliphatic rings. The second-order valence-corrected chi connectivity index (χ2v) is 8.90. The number of anilines is 1. The molecular weight excluding hydrogens is 372 g/mol. The molecule has 3 heterocycles. The maximum absolute atomic E-state index is 5.99. The number of piperidine rings is 1. The highest BCUT2D eigenvalue weighted by Gasteiger charge is 2.18. The van der Waals surface area contributed by atoms with Crippen LogP contribution in [0.25, 0.3) is 5.57 Å². The van der Waals surface area contributed by atoms with Crippen LogP contribution in [0.4, 0.5) is 5.82 Å². The number of hydrogen-bond acceptors (Lipinski definition) is 6. The number of aromatic nitrogens is 1. The number of pyridine rings is 1. The summed E-state index contributed by atoms with van der Waals surface area (Å²) in [7, 11) is 2.09. The Hall–Kier alpha value is -2.21. The molecule has 0 bridgehead atoms. The van der Waals surface area contributed by atoms with Crippen LogP contribution in [-0.2, 0) is 0 Å². The molecule has 1 aromatic rings. The molecule has 0 aromatic carbocycles. The second-order valence-electron chi connectivity index (χ2n) is 8.90. The van der Waals surface area contributed by atoms with Gasteiger partial charge in [-0.05, 0) is 69.6 Å². The van der Waals surface area contributed by atoms with Crippen molar-refractivity contribution in [3.05, 3.63) is 40.3 Å². The number of nitrogens with two attached hydrogens (primary N) is 1.